The number of amides is 4. The molecule has 2 atom stereocenters. The molecular weight excluding hydrogens is 685 g/mol. The number of aliphatic hydroxyl groups is 1. The van der Waals surface area contributed by atoms with Gasteiger partial charge in [0.2, 0.25) is 0 Å². The van der Waals surface area contributed by atoms with Crippen LogP contribution in [0.5, 0.6) is 0 Å². The van der Waals surface area contributed by atoms with Gasteiger partial charge in [-0.25, -0.2) is 9.59 Å². The Hall–Kier alpha value is -3.62. The van der Waals surface area contributed by atoms with Crippen LogP contribution in [0, 0.1) is 17.8 Å². The SMILES string of the molecule is CC1=CC(C[C@@H](OC(=O)N2CCC(N3CCc4ccccc4NC3=O)CC2)C(=O)N2CCC(C3CCN(S(=O)(=O)N(C)C)CC3)CC2)CC(C)=C1O. The van der Waals surface area contributed by atoms with Crippen molar-refractivity contribution >= 4 is 33.9 Å². The minimum absolute atomic E-state index is 0.000462. The Morgan fingerprint density at radius 1 is 0.923 bits per heavy atom. The van der Waals surface area contributed by atoms with Crippen molar-refractivity contribution in [1.82, 2.24) is 23.3 Å². The van der Waals surface area contributed by atoms with E-state index in [4.69, 9.17) is 4.74 Å². The zero-order valence-electron chi connectivity index (χ0n) is 31.1. The molecule has 4 aliphatic heterocycles. The number of para-hydroxylation sites is 1. The van der Waals surface area contributed by atoms with Gasteiger partial charge in [0.05, 0.1) is 0 Å². The predicted molar refractivity (Wildman–Crippen MR) is 199 cm³/mol. The molecule has 2 N–H and O–H groups in total. The van der Waals surface area contributed by atoms with Crippen LogP contribution < -0.4 is 5.32 Å². The number of ether oxygens (including phenoxy) is 1. The first-order chi connectivity index (χ1) is 24.8. The highest BCUT2D eigenvalue weighted by atomic mass is 32.2. The number of hydrogen-bond acceptors (Lipinski definition) is 7. The highest BCUT2D eigenvalue weighted by Gasteiger charge is 2.39. The highest BCUT2D eigenvalue weighted by Crippen LogP contribution is 2.35. The second-order valence-electron chi connectivity index (χ2n) is 15.5. The molecule has 13 nitrogen and oxygen atoms in total. The molecule has 0 spiro atoms. The van der Waals surface area contributed by atoms with Crippen LogP contribution in [0.4, 0.5) is 15.3 Å². The number of anilines is 1. The average Bonchev–Trinajstić information content (AvgIpc) is 3.31. The van der Waals surface area contributed by atoms with Gasteiger partial charge in [-0.2, -0.15) is 17.0 Å². The normalized spacial score (nSPS) is 23.9. The number of likely N-dealkylation sites (tertiary alicyclic amines) is 2. The number of rotatable bonds is 8. The van der Waals surface area contributed by atoms with E-state index in [1.54, 1.807) is 23.3 Å². The Balaban J connectivity index is 1.05. The molecule has 1 unspecified atom stereocenters. The molecule has 0 radical (unpaired) electrons. The van der Waals surface area contributed by atoms with Crippen LogP contribution in [0.25, 0.3) is 0 Å². The van der Waals surface area contributed by atoms with Gasteiger partial charge in [-0.05, 0) is 106 Å². The average molecular weight is 741 g/mol. The third-order valence-electron chi connectivity index (χ3n) is 12.0. The Labute approximate surface area is 308 Å². The summed E-state index contributed by atoms with van der Waals surface area (Å²) >= 11 is 0. The van der Waals surface area contributed by atoms with Crippen molar-refractivity contribution in [3.8, 4) is 0 Å². The third-order valence-corrected chi connectivity index (χ3v) is 13.9. The molecular formula is C38H56N6O7S. The molecule has 1 aliphatic carbocycles. The minimum Gasteiger partial charge on any atom is -0.508 e. The molecule has 4 heterocycles. The fraction of sp³-hybridized carbons (Fsp3) is 0.658. The van der Waals surface area contributed by atoms with Gasteiger partial charge in [0.1, 0.15) is 5.76 Å². The Kier molecular flexibility index (Phi) is 11.9. The van der Waals surface area contributed by atoms with E-state index < -0.39 is 22.4 Å². The van der Waals surface area contributed by atoms with Gasteiger partial charge in [0.15, 0.2) is 6.10 Å². The Morgan fingerprint density at radius 2 is 1.54 bits per heavy atom. The summed E-state index contributed by atoms with van der Waals surface area (Å²) < 4.78 is 34.1. The van der Waals surface area contributed by atoms with Crippen molar-refractivity contribution in [2.24, 2.45) is 17.8 Å². The first-order valence-electron chi connectivity index (χ1n) is 19.0. The summed E-state index contributed by atoms with van der Waals surface area (Å²) in [5, 5.41) is 13.5. The first kappa shape index (κ1) is 38.1. The van der Waals surface area contributed by atoms with Crippen LogP contribution in [0.2, 0.25) is 0 Å². The Bertz CT molecular complexity index is 1650. The van der Waals surface area contributed by atoms with Gasteiger partial charge in [0.25, 0.3) is 16.1 Å². The van der Waals surface area contributed by atoms with E-state index in [1.807, 2.05) is 54.0 Å². The maximum absolute atomic E-state index is 14.2. The third kappa shape index (κ3) is 8.44. The summed E-state index contributed by atoms with van der Waals surface area (Å²) in [7, 11) is -0.292. The number of nitrogens with zero attached hydrogens (tertiary/aromatic N) is 5. The number of benzene rings is 1. The number of carbonyl (C=O) groups is 3. The van der Waals surface area contributed by atoms with Gasteiger partial charge >= 0.3 is 12.1 Å². The molecule has 52 heavy (non-hydrogen) atoms. The predicted octanol–water partition coefficient (Wildman–Crippen LogP) is 4.99. The van der Waals surface area contributed by atoms with Crippen LogP contribution in [0.15, 0.2) is 47.2 Å². The second-order valence-corrected chi connectivity index (χ2v) is 17.6. The number of urea groups is 1. The molecule has 14 heteroatoms. The van der Waals surface area contributed by atoms with Crippen LogP contribution in [-0.2, 0) is 26.2 Å². The van der Waals surface area contributed by atoms with E-state index in [2.05, 4.69) is 5.32 Å². The van der Waals surface area contributed by atoms with Crippen molar-refractivity contribution in [3.05, 3.63) is 52.8 Å². The maximum atomic E-state index is 14.2. The van der Waals surface area contributed by atoms with Crippen LogP contribution in [0.1, 0.15) is 70.8 Å². The number of aliphatic hydroxyl groups excluding tert-OH is 1. The number of fused-ring (bicyclic) bond motifs is 1. The van der Waals surface area contributed by atoms with Gasteiger partial charge in [0, 0.05) is 78.1 Å². The maximum Gasteiger partial charge on any atom is 0.410 e. The molecule has 1 aromatic carbocycles. The lowest BCUT2D eigenvalue weighted by Gasteiger charge is -2.41. The molecule has 0 saturated carbocycles. The van der Waals surface area contributed by atoms with E-state index in [-0.39, 0.29) is 29.7 Å². The van der Waals surface area contributed by atoms with E-state index >= 15 is 0 Å². The summed E-state index contributed by atoms with van der Waals surface area (Å²) in [6, 6.07) is 7.74. The summed E-state index contributed by atoms with van der Waals surface area (Å²) in [4.78, 5) is 46.4. The topological polar surface area (TPSA) is 143 Å². The van der Waals surface area contributed by atoms with Crippen LogP contribution in [-0.4, -0.2) is 127 Å². The number of carbonyl (C=O) groups excluding carboxylic acids is 3. The number of nitrogens with one attached hydrogen (secondary N) is 1. The summed E-state index contributed by atoms with van der Waals surface area (Å²) in [5.41, 5.74) is 3.58. The number of allylic oxidation sites excluding steroid dienone is 3. The van der Waals surface area contributed by atoms with Crippen molar-refractivity contribution < 1.29 is 32.6 Å². The molecule has 286 valence electrons. The lowest BCUT2D eigenvalue weighted by molar-refractivity contribution is -0.143. The van der Waals surface area contributed by atoms with Crippen LogP contribution >= 0.6 is 0 Å². The lowest BCUT2D eigenvalue weighted by Crippen LogP contribution is -2.52. The molecule has 1 aromatic rings. The molecule has 6 rings (SSSR count). The van der Waals surface area contributed by atoms with Gasteiger partial charge < -0.3 is 29.9 Å². The lowest BCUT2D eigenvalue weighted by atomic mass is 9.79. The van der Waals surface area contributed by atoms with Gasteiger partial charge in [-0.3, -0.25) is 4.79 Å². The quantitative estimate of drug-likeness (QED) is 0.383. The standard InChI is InChI=1S/C38H56N6O7S/c1-26-23-28(24-27(2)35(26)45)25-34(36(46)41-16-9-29(10-17-41)30-11-20-43(21-12-30)52(49,50)40(3)4)51-38(48)42-18-14-32(15-19-42)44-22-13-31-7-5-6-8-33(31)39-37(44)47/h5-8,23,28-30,32,34,45H,9-22,24-25H2,1-4H3,(H,39,47)/t28?,34-/m1/s1. The fourth-order valence-electron chi connectivity index (χ4n) is 8.84. The van der Waals surface area contributed by atoms with Gasteiger partial charge in [-0.15, -0.1) is 0 Å². The second kappa shape index (κ2) is 16.2. The first-order valence-corrected chi connectivity index (χ1v) is 20.4. The monoisotopic (exact) mass is 740 g/mol. The molecule has 0 aromatic heterocycles. The zero-order chi connectivity index (χ0) is 37.2. The molecule has 3 fully saturated rings. The number of piperidine rings is 3. The molecule has 4 amide bonds. The number of hydrogen-bond donors (Lipinski definition) is 2. The van der Waals surface area contributed by atoms with Gasteiger partial charge in [-0.1, -0.05) is 24.3 Å². The van der Waals surface area contributed by atoms with Crippen molar-refractivity contribution in [1.29, 1.82) is 0 Å². The molecule has 0 bridgehead atoms. The molecule has 3 saturated heterocycles. The van der Waals surface area contributed by atoms with Crippen molar-refractivity contribution in [2.75, 3.05) is 65.2 Å². The summed E-state index contributed by atoms with van der Waals surface area (Å²) in [6.07, 6.45) is 6.72. The fourth-order valence-corrected chi connectivity index (χ4v) is 9.98. The minimum atomic E-state index is -3.42. The highest BCUT2D eigenvalue weighted by molar-refractivity contribution is 7.86. The van der Waals surface area contributed by atoms with E-state index in [0.717, 1.165) is 54.5 Å². The van der Waals surface area contributed by atoms with E-state index in [1.165, 1.54) is 4.31 Å². The Morgan fingerprint density at radius 3 is 2.17 bits per heavy atom. The van der Waals surface area contributed by atoms with E-state index in [0.29, 0.717) is 83.3 Å². The smallest absolute Gasteiger partial charge is 0.410 e. The van der Waals surface area contributed by atoms with Crippen molar-refractivity contribution in [3.63, 3.8) is 0 Å². The van der Waals surface area contributed by atoms with E-state index in [9.17, 15) is 27.9 Å². The largest absolute Gasteiger partial charge is 0.508 e. The zero-order valence-corrected chi connectivity index (χ0v) is 31.9. The van der Waals surface area contributed by atoms with Crippen LogP contribution in [0.3, 0.4) is 0 Å². The summed E-state index contributed by atoms with van der Waals surface area (Å²) in [5.74, 6) is 0.867. The summed E-state index contributed by atoms with van der Waals surface area (Å²) in [6.45, 7) is 7.37. The molecule has 5 aliphatic rings. The van der Waals surface area contributed by atoms with Crippen molar-refractivity contribution in [2.45, 2.75) is 83.8 Å².